The molecule has 1 heterocycles. The van der Waals surface area contributed by atoms with Crippen LogP contribution in [0.2, 0.25) is 0 Å². The number of nitrogens with zero attached hydrogens (tertiary/aromatic N) is 4. The summed E-state index contributed by atoms with van der Waals surface area (Å²) in [4.78, 5) is 24.0. The Morgan fingerprint density at radius 2 is 1.85 bits per heavy atom. The number of carbonyl (C=O) groups excluding carboxylic acids is 2. The van der Waals surface area contributed by atoms with Crippen LogP contribution in [0, 0.1) is 11.6 Å². The fourth-order valence-corrected chi connectivity index (χ4v) is 2.12. The molecular formula is C16H12F2N6O2. The van der Waals surface area contributed by atoms with E-state index >= 15 is 0 Å². The van der Waals surface area contributed by atoms with Crippen molar-refractivity contribution < 1.29 is 18.4 Å². The second kappa shape index (κ2) is 7.05. The van der Waals surface area contributed by atoms with E-state index in [0.29, 0.717) is 11.1 Å². The Balaban J connectivity index is 1.69. The van der Waals surface area contributed by atoms with E-state index in [9.17, 15) is 18.4 Å². The highest BCUT2D eigenvalue weighted by Gasteiger charge is 2.12. The summed E-state index contributed by atoms with van der Waals surface area (Å²) in [7, 11) is 0. The molecule has 0 radical (unpaired) electrons. The van der Waals surface area contributed by atoms with E-state index < -0.39 is 23.4 Å². The maximum atomic E-state index is 13.5. The number of nitrogens with one attached hydrogen (secondary N) is 1. The van der Waals surface area contributed by atoms with E-state index in [4.69, 9.17) is 5.73 Å². The molecule has 26 heavy (non-hydrogen) atoms. The number of amides is 2. The molecule has 0 aliphatic rings. The number of tetrazole rings is 1. The van der Waals surface area contributed by atoms with Gasteiger partial charge in [0.15, 0.2) is 0 Å². The van der Waals surface area contributed by atoms with Crippen LogP contribution >= 0.6 is 0 Å². The van der Waals surface area contributed by atoms with Gasteiger partial charge in [0.25, 0.3) is 0 Å². The lowest BCUT2D eigenvalue weighted by Crippen LogP contribution is -2.21. The number of halogens is 2. The lowest BCUT2D eigenvalue weighted by Gasteiger charge is -2.05. The summed E-state index contributed by atoms with van der Waals surface area (Å²) in [5.41, 5.74) is 5.78. The first kappa shape index (κ1) is 17.1. The third-order valence-electron chi connectivity index (χ3n) is 3.37. The molecule has 3 N–H and O–H groups in total. The van der Waals surface area contributed by atoms with Crippen molar-refractivity contribution in [3.8, 4) is 11.4 Å². The largest absolute Gasteiger partial charge is 0.366 e. The molecular weight excluding hydrogens is 346 g/mol. The average Bonchev–Trinajstić information content (AvgIpc) is 3.06. The van der Waals surface area contributed by atoms with Gasteiger partial charge in [-0.25, -0.2) is 8.78 Å². The van der Waals surface area contributed by atoms with Crippen molar-refractivity contribution in [1.82, 2.24) is 20.2 Å². The van der Waals surface area contributed by atoms with E-state index in [1.165, 1.54) is 12.1 Å². The number of primary amides is 1. The fraction of sp³-hybridized carbons (Fsp3) is 0.0625. The van der Waals surface area contributed by atoms with Crippen LogP contribution in [-0.4, -0.2) is 32.0 Å². The van der Waals surface area contributed by atoms with Gasteiger partial charge in [0.05, 0.1) is 5.69 Å². The maximum Gasteiger partial charge on any atom is 0.248 e. The summed E-state index contributed by atoms with van der Waals surface area (Å²) in [6, 6.07) is 8.92. The topological polar surface area (TPSA) is 116 Å². The van der Waals surface area contributed by atoms with Crippen molar-refractivity contribution in [1.29, 1.82) is 0 Å². The lowest BCUT2D eigenvalue weighted by atomic mass is 10.1. The first-order valence-electron chi connectivity index (χ1n) is 7.35. The van der Waals surface area contributed by atoms with Crippen LogP contribution in [0.5, 0.6) is 0 Å². The summed E-state index contributed by atoms with van der Waals surface area (Å²) in [5, 5.41) is 13.8. The molecule has 10 heteroatoms. The Bertz CT molecular complexity index is 971. The molecule has 0 atom stereocenters. The minimum Gasteiger partial charge on any atom is -0.366 e. The Labute approximate surface area is 145 Å². The van der Waals surface area contributed by atoms with Crippen LogP contribution in [0.4, 0.5) is 14.5 Å². The van der Waals surface area contributed by atoms with Gasteiger partial charge < -0.3 is 11.1 Å². The number of benzene rings is 2. The van der Waals surface area contributed by atoms with Gasteiger partial charge in [0.2, 0.25) is 17.6 Å². The van der Waals surface area contributed by atoms with Crippen molar-refractivity contribution in [2.45, 2.75) is 6.54 Å². The molecule has 0 bridgehead atoms. The molecule has 0 saturated carbocycles. The van der Waals surface area contributed by atoms with Crippen LogP contribution in [-0.2, 0) is 11.3 Å². The zero-order valence-corrected chi connectivity index (χ0v) is 13.2. The highest BCUT2D eigenvalue weighted by Crippen LogP contribution is 2.16. The summed E-state index contributed by atoms with van der Waals surface area (Å²) in [5.74, 6) is -2.42. The maximum absolute atomic E-state index is 13.5. The molecule has 0 saturated heterocycles. The van der Waals surface area contributed by atoms with E-state index in [0.717, 1.165) is 23.0 Å². The molecule has 3 rings (SSSR count). The van der Waals surface area contributed by atoms with Crippen molar-refractivity contribution in [3.63, 3.8) is 0 Å². The normalized spacial score (nSPS) is 10.5. The molecule has 1 aromatic heterocycles. The van der Waals surface area contributed by atoms with E-state index in [-0.39, 0.29) is 18.1 Å². The minimum absolute atomic E-state index is 0.228. The van der Waals surface area contributed by atoms with Crippen LogP contribution in [0.3, 0.4) is 0 Å². The molecule has 0 unspecified atom stereocenters. The third kappa shape index (κ3) is 3.86. The highest BCUT2D eigenvalue weighted by atomic mass is 19.1. The number of anilines is 1. The van der Waals surface area contributed by atoms with Crippen LogP contribution in [0.25, 0.3) is 11.4 Å². The third-order valence-corrected chi connectivity index (χ3v) is 3.37. The van der Waals surface area contributed by atoms with E-state index in [1.54, 1.807) is 12.1 Å². The SMILES string of the molecule is NC(=O)c1ccc(-c2nnn(CC(=O)Nc3cc(F)ccc3F)n2)cc1. The predicted molar refractivity (Wildman–Crippen MR) is 86.8 cm³/mol. The predicted octanol–water partition coefficient (Wildman–Crippen LogP) is 1.36. The summed E-state index contributed by atoms with van der Waals surface area (Å²) in [6.45, 7) is -0.345. The van der Waals surface area contributed by atoms with E-state index in [1.807, 2.05) is 0 Å². The van der Waals surface area contributed by atoms with Crippen molar-refractivity contribution in [2.24, 2.45) is 5.73 Å². The number of aromatic nitrogens is 4. The molecule has 2 amide bonds. The van der Waals surface area contributed by atoms with Gasteiger partial charge in [-0.05, 0) is 29.5 Å². The Hall–Kier alpha value is -3.69. The van der Waals surface area contributed by atoms with Gasteiger partial charge in [-0.1, -0.05) is 12.1 Å². The van der Waals surface area contributed by atoms with Gasteiger partial charge in [-0.15, -0.1) is 10.2 Å². The molecule has 0 spiro atoms. The summed E-state index contributed by atoms with van der Waals surface area (Å²) < 4.78 is 26.6. The summed E-state index contributed by atoms with van der Waals surface area (Å²) in [6.07, 6.45) is 0. The van der Waals surface area contributed by atoms with Gasteiger partial charge in [-0.2, -0.15) is 4.80 Å². The Kier molecular flexibility index (Phi) is 4.65. The number of hydrogen-bond donors (Lipinski definition) is 2. The van der Waals surface area contributed by atoms with Crippen molar-refractivity contribution in [2.75, 3.05) is 5.32 Å². The van der Waals surface area contributed by atoms with Crippen molar-refractivity contribution >= 4 is 17.5 Å². The zero-order valence-electron chi connectivity index (χ0n) is 13.2. The van der Waals surface area contributed by atoms with Gasteiger partial charge >= 0.3 is 0 Å². The van der Waals surface area contributed by atoms with Gasteiger partial charge in [-0.3, -0.25) is 9.59 Å². The molecule has 2 aromatic carbocycles. The lowest BCUT2D eigenvalue weighted by molar-refractivity contribution is -0.117. The molecule has 0 fully saturated rings. The molecule has 8 nitrogen and oxygen atoms in total. The minimum atomic E-state index is -0.762. The number of rotatable bonds is 5. The number of nitrogens with two attached hydrogens (primary N) is 1. The molecule has 3 aromatic rings. The molecule has 132 valence electrons. The standard InChI is InChI=1S/C16H12F2N6O2/c17-11-5-6-12(18)13(7-11)20-14(25)8-24-22-16(21-23-24)10-3-1-9(2-4-10)15(19)26/h1-7H,8H2,(H2,19,26)(H,20,25). The smallest absolute Gasteiger partial charge is 0.248 e. The Morgan fingerprint density at radius 3 is 2.54 bits per heavy atom. The fourth-order valence-electron chi connectivity index (χ4n) is 2.12. The zero-order chi connectivity index (χ0) is 18.7. The average molecular weight is 358 g/mol. The molecule has 0 aliphatic carbocycles. The van der Waals surface area contributed by atoms with Crippen LogP contribution < -0.4 is 11.1 Å². The molecule has 0 aliphatic heterocycles. The van der Waals surface area contributed by atoms with E-state index in [2.05, 4.69) is 20.7 Å². The Morgan fingerprint density at radius 1 is 1.12 bits per heavy atom. The summed E-state index contributed by atoms with van der Waals surface area (Å²) >= 11 is 0. The first-order valence-corrected chi connectivity index (χ1v) is 7.35. The number of hydrogen-bond acceptors (Lipinski definition) is 5. The van der Waals surface area contributed by atoms with Gasteiger partial charge in [0, 0.05) is 17.2 Å². The van der Waals surface area contributed by atoms with Crippen LogP contribution in [0.15, 0.2) is 42.5 Å². The van der Waals surface area contributed by atoms with Gasteiger partial charge in [0.1, 0.15) is 18.2 Å². The highest BCUT2D eigenvalue weighted by molar-refractivity contribution is 5.93. The van der Waals surface area contributed by atoms with Crippen molar-refractivity contribution in [3.05, 3.63) is 59.7 Å². The first-order chi connectivity index (χ1) is 12.4. The quantitative estimate of drug-likeness (QED) is 0.714. The second-order valence-electron chi connectivity index (χ2n) is 5.26. The monoisotopic (exact) mass is 358 g/mol. The number of carbonyl (C=O) groups is 2. The second-order valence-corrected chi connectivity index (χ2v) is 5.26. The van der Waals surface area contributed by atoms with Crippen LogP contribution in [0.1, 0.15) is 10.4 Å².